The van der Waals surface area contributed by atoms with E-state index < -0.39 is 23.2 Å². The highest BCUT2D eigenvalue weighted by molar-refractivity contribution is 6.05. The smallest absolute Gasteiger partial charge is 0.356 e. The van der Waals surface area contributed by atoms with E-state index in [2.05, 4.69) is 19.8 Å². The lowest BCUT2D eigenvalue weighted by molar-refractivity contribution is -0.138. The van der Waals surface area contributed by atoms with Crippen molar-refractivity contribution in [2.24, 2.45) is 0 Å². The maximum Gasteiger partial charge on any atom is 0.356 e. The van der Waals surface area contributed by atoms with Gasteiger partial charge in [-0.1, -0.05) is 0 Å². The largest absolute Gasteiger partial charge is 0.465 e. The fraction of sp³-hybridized carbons (Fsp3) is 0.118. The summed E-state index contributed by atoms with van der Waals surface area (Å²) in [4.78, 5) is 27.9. The van der Waals surface area contributed by atoms with E-state index in [4.69, 9.17) is 0 Å². The Morgan fingerprint density at radius 2 is 1.84 bits per heavy atom. The van der Waals surface area contributed by atoms with Gasteiger partial charge in [0.1, 0.15) is 12.1 Å². The van der Waals surface area contributed by atoms with Crippen molar-refractivity contribution in [3.05, 3.63) is 47.3 Å². The van der Waals surface area contributed by atoms with Gasteiger partial charge in [0.15, 0.2) is 11.3 Å². The Morgan fingerprint density at radius 1 is 1.12 bits per heavy atom. The molecule has 0 bridgehead atoms. The zero-order valence-corrected chi connectivity index (χ0v) is 13.4. The fourth-order valence-electron chi connectivity index (χ4n) is 2.14. The number of fused-ring (bicyclic) bond motifs is 1. The molecule has 1 N–H and O–H groups in total. The Morgan fingerprint density at radius 3 is 2.44 bits per heavy atom. The lowest BCUT2D eigenvalue weighted by Gasteiger charge is -2.13. The normalized spacial score (nSPS) is 10.9. The van der Waals surface area contributed by atoms with Crippen LogP contribution in [0.5, 0.6) is 0 Å². The third-order valence-electron chi connectivity index (χ3n) is 3.30. The van der Waals surface area contributed by atoms with Crippen molar-refractivity contribution in [2.75, 3.05) is 19.5 Å². The van der Waals surface area contributed by atoms with Crippen molar-refractivity contribution in [1.82, 2.24) is 4.98 Å². The first-order valence-corrected chi connectivity index (χ1v) is 6.93. The number of rotatable bonds is 4. The summed E-state index contributed by atoms with van der Waals surface area (Å²) in [5, 5.41) is 21.8. The Bertz CT molecular complexity index is 967. The van der Waals surface area contributed by atoms with Crippen LogP contribution in [0.25, 0.3) is 10.9 Å². The standard InChI is InChI=1S/C17H12N4O4/c1-24-16(22)12(9-19)15(17(23)25-2)21-14-6-5-13-10(11(14)8-18)4-3-7-20-13/h3-7,21H,1-2H3/b15-12+. The number of anilines is 1. The van der Waals surface area contributed by atoms with Crippen LogP contribution in [0.1, 0.15) is 5.56 Å². The van der Waals surface area contributed by atoms with Crippen LogP contribution in [-0.2, 0) is 19.1 Å². The molecule has 0 aliphatic heterocycles. The van der Waals surface area contributed by atoms with Gasteiger partial charge in [-0.25, -0.2) is 9.59 Å². The molecule has 8 nitrogen and oxygen atoms in total. The molecule has 1 aromatic heterocycles. The molecule has 8 heteroatoms. The molecule has 1 heterocycles. The lowest BCUT2D eigenvalue weighted by atomic mass is 10.1. The highest BCUT2D eigenvalue weighted by atomic mass is 16.5. The molecular weight excluding hydrogens is 324 g/mol. The maximum atomic E-state index is 12.0. The van der Waals surface area contributed by atoms with Gasteiger partial charge >= 0.3 is 11.9 Å². The molecule has 1 aromatic carbocycles. The number of pyridine rings is 1. The quantitative estimate of drug-likeness (QED) is 0.507. The summed E-state index contributed by atoms with van der Waals surface area (Å²) in [6, 6.07) is 10.1. The van der Waals surface area contributed by atoms with Crippen molar-refractivity contribution in [2.45, 2.75) is 0 Å². The minimum Gasteiger partial charge on any atom is -0.465 e. The number of ether oxygens (including phenoxy) is 2. The van der Waals surface area contributed by atoms with E-state index in [0.29, 0.717) is 10.9 Å². The molecule has 0 saturated carbocycles. The highest BCUT2D eigenvalue weighted by Gasteiger charge is 2.24. The zero-order chi connectivity index (χ0) is 18.4. The van der Waals surface area contributed by atoms with Crippen LogP contribution < -0.4 is 5.32 Å². The summed E-state index contributed by atoms with van der Waals surface area (Å²) in [5.74, 6) is -1.95. The molecule has 0 aliphatic rings. The summed E-state index contributed by atoms with van der Waals surface area (Å²) < 4.78 is 9.11. The highest BCUT2D eigenvalue weighted by Crippen LogP contribution is 2.26. The van der Waals surface area contributed by atoms with Crippen LogP contribution in [0.3, 0.4) is 0 Å². The summed E-state index contributed by atoms with van der Waals surface area (Å²) in [7, 11) is 2.18. The van der Waals surface area contributed by atoms with Gasteiger partial charge in [-0.2, -0.15) is 10.5 Å². The van der Waals surface area contributed by atoms with E-state index in [-0.39, 0.29) is 11.3 Å². The number of hydrogen-bond donors (Lipinski definition) is 1. The first-order chi connectivity index (χ1) is 12.1. The van der Waals surface area contributed by atoms with Gasteiger partial charge in [0.25, 0.3) is 0 Å². The molecule has 0 radical (unpaired) electrons. The van der Waals surface area contributed by atoms with Crippen LogP contribution in [0.2, 0.25) is 0 Å². The Kier molecular flexibility index (Phi) is 5.29. The van der Waals surface area contributed by atoms with Gasteiger partial charge in [0.2, 0.25) is 0 Å². The molecular formula is C17H12N4O4. The predicted octanol–water partition coefficient (Wildman–Crippen LogP) is 1.64. The molecule has 0 spiro atoms. The van der Waals surface area contributed by atoms with Crippen molar-refractivity contribution < 1.29 is 19.1 Å². The van der Waals surface area contributed by atoms with E-state index in [0.717, 1.165) is 14.2 Å². The van der Waals surface area contributed by atoms with Crippen LogP contribution in [-0.4, -0.2) is 31.1 Å². The van der Waals surface area contributed by atoms with Gasteiger partial charge in [-0.15, -0.1) is 0 Å². The average Bonchev–Trinajstić information content (AvgIpc) is 2.66. The number of benzene rings is 1. The molecule has 0 amide bonds. The Balaban J connectivity index is 2.65. The second-order valence-electron chi connectivity index (χ2n) is 4.64. The van der Waals surface area contributed by atoms with E-state index in [9.17, 15) is 20.1 Å². The second-order valence-corrected chi connectivity index (χ2v) is 4.64. The number of nitriles is 2. The van der Waals surface area contributed by atoms with Crippen LogP contribution in [0.15, 0.2) is 41.7 Å². The SMILES string of the molecule is COC(=O)/C(C#N)=C(/Nc1ccc2ncccc2c1C#N)C(=O)OC. The molecule has 0 aliphatic carbocycles. The topological polar surface area (TPSA) is 125 Å². The number of carbonyl (C=O) groups is 2. The summed E-state index contributed by atoms with van der Waals surface area (Å²) in [6.45, 7) is 0. The summed E-state index contributed by atoms with van der Waals surface area (Å²) in [6.07, 6.45) is 1.58. The molecule has 124 valence electrons. The third kappa shape index (κ3) is 3.38. The summed E-state index contributed by atoms with van der Waals surface area (Å²) >= 11 is 0. The van der Waals surface area contributed by atoms with E-state index in [1.54, 1.807) is 30.5 Å². The molecule has 0 saturated heterocycles. The minimum atomic E-state index is -1.00. The average molecular weight is 336 g/mol. The van der Waals surface area contributed by atoms with Crippen molar-refractivity contribution in [3.8, 4) is 12.1 Å². The number of methoxy groups -OCH3 is 2. The molecule has 0 fully saturated rings. The third-order valence-corrected chi connectivity index (χ3v) is 3.30. The number of aromatic nitrogens is 1. The van der Waals surface area contributed by atoms with Crippen LogP contribution >= 0.6 is 0 Å². The van der Waals surface area contributed by atoms with Crippen molar-refractivity contribution in [1.29, 1.82) is 10.5 Å². The van der Waals surface area contributed by atoms with E-state index >= 15 is 0 Å². The fourth-order valence-corrected chi connectivity index (χ4v) is 2.14. The molecule has 25 heavy (non-hydrogen) atoms. The molecule has 0 atom stereocenters. The van der Waals surface area contributed by atoms with Gasteiger partial charge < -0.3 is 14.8 Å². The number of carbonyl (C=O) groups excluding carboxylic acids is 2. The van der Waals surface area contributed by atoms with Gasteiger partial charge in [-0.05, 0) is 24.3 Å². The summed E-state index contributed by atoms with van der Waals surface area (Å²) in [5.41, 5.74) is 0.0250. The predicted molar refractivity (Wildman–Crippen MR) is 86.8 cm³/mol. The zero-order valence-electron chi connectivity index (χ0n) is 13.4. The number of nitrogens with zero attached hydrogens (tertiary/aromatic N) is 3. The molecule has 2 rings (SSSR count). The van der Waals surface area contributed by atoms with Gasteiger partial charge in [0.05, 0.1) is 31.0 Å². The monoisotopic (exact) mass is 336 g/mol. The first-order valence-electron chi connectivity index (χ1n) is 6.93. The maximum absolute atomic E-state index is 12.0. The first kappa shape index (κ1) is 17.4. The molecule has 2 aromatic rings. The van der Waals surface area contributed by atoms with E-state index in [1.807, 2.05) is 6.07 Å². The number of esters is 2. The van der Waals surface area contributed by atoms with Crippen LogP contribution in [0.4, 0.5) is 5.69 Å². The van der Waals surface area contributed by atoms with Gasteiger partial charge in [-0.3, -0.25) is 4.98 Å². The molecule has 0 unspecified atom stereocenters. The number of nitrogens with one attached hydrogen (secondary N) is 1. The minimum absolute atomic E-state index is 0.203. The number of hydrogen-bond acceptors (Lipinski definition) is 8. The van der Waals surface area contributed by atoms with Crippen LogP contribution in [0, 0.1) is 22.7 Å². The van der Waals surface area contributed by atoms with Crippen molar-refractivity contribution >= 4 is 28.5 Å². The van der Waals surface area contributed by atoms with E-state index in [1.165, 1.54) is 6.07 Å². The lowest BCUT2D eigenvalue weighted by Crippen LogP contribution is -2.20. The Labute approximate surface area is 142 Å². The van der Waals surface area contributed by atoms with Crippen molar-refractivity contribution in [3.63, 3.8) is 0 Å². The van der Waals surface area contributed by atoms with Gasteiger partial charge in [0, 0.05) is 11.6 Å². The Hall–Kier alpha value is -3.91. The second kappa shape index (κ2) is 7.57.